The lowest BCUT2D eigenvalue weighted by atomic mass is 10.0. The molecule has 0 fully saturated rings. The van der Waals surface area contributed by atoms with Gasteiger partial charge in [0, 0.05) is 30.2 Å². The van der Waals surface area contributed by atoms with Gasteiger partial charge in [-0.05, 0) is 48.6 Å². The van der Waals surface area contributed by atoms with Crippen molar-refractivity contribution in [2.45, 2.75) is 19.3 Å². The van der Waals surface area contributed by atoms with Gasteiger partial charge in [0.1, 0.15) is 5.65 Å². The third-order valence-corrected chi connectivity index (χ3v) is 4.50. The van der Waals surface area contributed by atoms with E-state index in [-0.39, 0.29) is 5.56 Å². The number of aromatic nitrogens is 3. The molecule has 4 heteroatoms. The van der Waals surface area contributed by atoms with E-state index in [1.165, 1.54) is 5.56 Å². The maximum absolute atomic E-state index is 12.5. The summed E-state index contributed by atoms with van der Waals surface area (Å²) < 4.78 is 1.63. The first kappa shape index (κ1) is 16.2. The highest BCUT2D eigenvalue weighted by Crippen LogP contribution is 2.18. The highest BCUT2D eigenvalue weighted by Gasteiger charge is 2.08. The second-order valence-corrected chi connectivity index (χ2v) is 6.28. The van der Waals surface area contributed by atoms with Crippen molar-refractivity contribution in [3.8, 4) is 11.3 Å². The number of benzene rings is 1. The molecule has 0 N–H and O–H groups in total. The minimum Gasteiger partial charge on any atom is -0.269 e. The molecule has 3 aromatic heterocycles. The van der Waals surface area contributed by atoms with Crippen LogP contribution >= 0.6 is 0 Å². The fraction of sp³-hybridized carbons (Fsp3) is 0.136. The van der Waals surface area contributed by atoms with E-state index in [1.54, 1.807) is 29.1 Å². The number of pyridine rings is 2. The Morgan fingerprint density at radius 2 is 1.69 bits per heavy atom. The Morgan fingerprint density at radius 3 is 2.50 bits per heavy atom. The minimum absolute atomic E-state index is 0.0632. The van der Waals surface area contributed by atoms with Gasteiger partial charge in [-0.15, -0.1) is 0 Å². The van der Waals surface area contributed by atoms with E-state index in [9.17, 15) is 4.79 Å². The van der Waals surface area contributed by atoms with Crippen LogP contribution in [-0.2, 0) is 12.8 Å². The Labute approximate surface area is 151 Å². The zero-order chi connectivity index (χ0) is 17.8. The average molecular weight is 341 g/mol. The van der Waals surface area contributed by atoms with E-state index in [0.29, 0.717) is 5.69 Å². The molecule has 0 spiro atoms. The molecule has 0 aliphatic heterocycles. The fourth-order valence-electron chi connectivity index (χ4n) is 3.17. The SMILES string of the molecule is O=c1cc(-c2ccncc2)nc2c(CCCc3ccccc3)cccn12. The lowest BCUT2D eigenvalue weighted by molar-refractivity contribution is 0.816. The topological polar surface area (TPSA) is 47.3 Å². The molecule has 0 amide bonds. The molecule has 0 aliphatic rings. The van der Waals surface area contributed by atoms with Crippen molar-refractivity contribution in [1.29, 1.82) is 0 Å². The van der Waals surface area contributed by atoms with Crippen LogP contribution in [0.5, 0.6) is 0 Å². The molecule has 0 atom stereocenters. The monoisotopic (exact) mass is 341 g/mol. The summed E-state index contributed by atoms with van der Waals surface area (Å²) >= 11 is 0. The van der Waals surface area contributed by atoms with Crippen LogP contribution in [0.15, 0.2) is 84.0 Å². The number of nitrogens with zero attached hydrogens (tertiary/aromatic N) is 3. The Hall–Kier alpha value is -3.27. The van der Waals surface area contributed by atoms with Crippen molar-refractivity contribution in [2.24, 2.45) is 0 Å². The summed E-state index contributed by atoms with van der Waals surface area (Å²) in [6.45, 7) is 0. The molecule has 4 nitrogen and oxygen atoms in total. The van der Waals surface area contributed by atoms with Crippen LogP contribution in [0.25, 0.3) is 16.9 Å². The fourth-order valence-corrected chi connectivity index (χ4v) is 3.17. The van der Waals surface area contributed by atoms with Gasteiger partial charge in [-0.1, -0.05) is 36.4 Å². The van der Waals surface area contributed by atoms with Crippen molar-refractivity contribution < 1.29 is 0 Å². The van der Waals surface area contributed by atoms with Crippen LogP contribution in [0, 0.1) is 0 Å². The number of aryl methyl sites for hydroxylation is 2. The van der Waals surface area contributed by atoms with Crippen LogP contribution < -0.4 is 5.56 Å². The lowest BCUT2D eigenvalue weighted by Crippen LogP contribution is -2.15. The lowest BCUT2D eigenvalue weighted by Gasteiger charge is -2.09. The van der Waals surface area contributed by atoms with Gasteiger partial charge in [0.2, 0.25) is 0 Å². The molecule has 0 saturated heterocycles. The summed E-state index contributed by atoms with van der Waals surface area (Å²) in [7, 11) is 0. The Morgan fingerprint density at radius 1 is 0.885 bits per heavy atom. The Bertz CT molecular complexity index is 1070. The summed E-state index contributed by atoms with van der Waals surface area (Å²) in [5, 5.41) is 0. The zero-order valence-corrected chi connectivity index (χ0v) is 14.4. The number of fused-ring (bicyclic) bond motifs is 1. The summed E-state index contributed by atoms with van der Waals surface area (Å²) in [5.41, 5.74) is 4.69. The molecule has 4 rings (SSSR count). The van der Waals surface area contributed by atoms with Crippen molar-refractivity contribution >= 4 is 5.65 Å². The van der Waals surface area contributed by atoms with Crippen molar-refractivity contribution in [1.82, 2.24) is 14.4 Å². The molecule has 4 aromatic rings. The predicted octanol–water partition coefficient (Wildman–Crippen LogP) is 3.93. The first-order chi connectivity index (χ1) is 12.8. The molecule has 1 aromatic carbocycles. The molecule has 0 unspecified atom stereocenters. The van der Waals surface area contributed by atoms with Crippen LogP contribution in [0.2, 0.25) is 0 Å². The summed E-state index contributed by atoms with van der Waals surface area (Å²) in [6, 6.07) is 19.8. The van der Waals surface area contributed by atoms with Gasteiger partial charge in [-0.2, -0.15) is 0 Å². The van der Waals surface area contributed by atoms with Crippen LogP contribution in [0.3, 0.4) is 0 Å². The Kier molecular flexibility index (Phi) is 4.56. The maximum Gasteiger partial charge on any atom is 0.258 e. The quantitative estimate of drug-likeness (QED) is 0.552. The third-order valence-electron chi connectivity index (χ3n) is 4.50. The molecular formula is C22H19N3O. The van der Waals surface area contributed by atoms with Gasteiger partial charge >= 0.3 is 0 Å². The average Bonchev–Trinajstić information content (AvgIpc) is 2.70. The van der Waals surface area contributed by atoms with Crippen molar-refractivity contribution in [2.75, 3.05) is 0 Å². The van der Waals surface area contributed by atoms with E-state index in [4.69, 9.17) is 4.98 Å². The van der Waals surface area contributed by atoms with Gasteiger partial charge < -0.3 is 0 Å². The molecule has 3 heterocycles. The largest absolute Gasteiger partial charge is 0.269 e. The van der Waals surface area contributed by atoms with Gasteiger partial charge in [0.05, 0.1) is 5.69 Å². The van der Waals surface area contributed by atoms with E-state index in [0.717, 1.165) is 36.0 Å². The number of rotatable bonds is 5. The molecule has 0 bridgehead atoms. The van der Waals surface area contributed by atoms with Crippen molar-refractivity contribution in [3.05, 3.63) is 101 Å². The smallest absolute Gasteiger partial charge is 0.258 e. The van der Waals surface area contributed by atoms with Gasteiger partial charge in [-0.25, -0.2) is 4.98 Å². The van der Waals surface area contributed by atoms with Crippen LogP contribution in [-0.4, -0.2) is 14.4 Å². The second kappa shape index (κ2) is 7.31. The third kappa shape index (κ3) is 3.40. The van der Waals surface area contributed by atoms with Gasteiger partial charge in [-0.3, -0.25) is 14.2 Å². The highest BCUT2D eigenvalue weighted by atomic mass is 16.1. The van der Waals surface area contributed by atoms with E-state index < -0.39 is 0 Å². The molecule has 128 valence electrons. The summed E-state index contributed by atoms with van der Waals surface area (Å²) in [5.74, 6) is 0. The second-order valence-electron chi connectivity index (χ2n) is 6.28. The van der Waals surface area contributed by atoms with E-state index >= 15 is 0 Å². The van der Waals surface area contributed by atoms with Gasteiger partial charge in [0.25, 0.3) is 5.56 Å². The Balaban J connectivity index is 1.66. The number of hydrogen-bond acceptors (Lipinski definition) is 3. The highest BCUT2D eigenvalue weighted by molar-refractivity contribution is 5.62. The summed E-state index contributed by atoms with van der Waals surface area (Å²) in [6.07, 6.45) is 8.11. The zero-order valence-electron chi connectivity index (χ0n) is 14.4. The van der Waals surface area contributed by atoms with Gasteiger partial charge in [0.15, 0.2) is 0 Å². The number of hydrogen-bond donors (Lipinski definition) is 0. The first-order valence-corrected chi connectivity index (χ1v) is 8.77. The standard InChI is InChI=1S/C22H19N3O/c26-21-16-20(18-11-13-23-14-12-18)24-22-19(10-5-15-25(21)22)9-4-8-17-6-2-1-3-7-17/h1-3,5-7,10-16H,4,8-9H2. The van der Waals surface area contributed by atoms with Crippen LogP contribution in [0.1, 0.15) is 17.5 Å². The predicted molar refractivity (Wildman–Crippen MR) is 103 cm³/mol. The molecule has 0 saturated carbocycles. The van der Waals surface area contributed by atoms with Crippen LogP contribution in [0.4, 0.5) is 0 Å². The molecular weight excluding hydrogens is 322 g/mol. The van der Waals surface area contributed by atoms with E-state index in [2.05, 4.69) is 35.3 Å². The maximum atomic E-state index is 12.5. The normalized spacial score (nSPS) is 10.9. The molecule has 0 aliphatic carbocycles. The van der Waals surface area contributed by atoms with E-state index in [1.807, 2.05) is 24.3 Å². The minimum atomic E-state index is -0.0632. The first-order valence-electron chi connectivity index (χ1n) is 8.77. The molecule has 0 radical (unpaired) electrons. The van der Waals surface area contributed by atoms with Crippen molar-refractivity contribution in [3.63, 3.8) is 0 Å². The molecule has 26 heavy (non-hydrogen) atoms. The summed E-state index contributed by atoms with van der Waals surface area (Å²) in [4.78, 5) is 21.3.